The summed E-state index contributed by atoms with van der Waals surface area (Å²) >= 11 is 3.22. The van der Waals surface area contributed by atoms with Gasteiger partial charge in [-0.3, -0.25) is 0 Å². The molecule has 0 saturated carbocycles. The standard InChI is InChI=1S/C14H20BrF3N2/c1-9(2)12(19)6-7-20(3)13-8-10(15)4-5-11(13)14(16,17)18/h4-5,8-9,12H,6-7,19H2,1-3H3. The Morgan fingerprint density at radius 1 is 1.30 bits per heavy atom. The summed E-state index contributed by atoms with van der Waals surface area (Å²) in [6, 6.07) is 3.97. The highest BCUT2D eigenvalue weighted by Gasteiger charge is 2.34. The lowest BCUT2D eigenvalue weighted by molar-refractivity contribution is -0.137. The van der Waals surface area contributed by atoms with Crippen LogP contribution in [0.3, 0.4) is 0 Å². The summed E-state index contributed by atoms with van der Waals surface area (Å²) in [5.41, 5.74) is 5.48. The second-order valence-electron chi connectivity index (χ2n) is 5.28. The molecule has 0 spiro atoms. The van der Waals surface area contributed by atoms with Crippen LogP contribution in [0.5, 0.6) is 0 Å². The highest BCUT2D eigenvalue weighted by molar-refractivity contribution is 9.10. The number of rotatable bonds is 5. The Morgan fingerprint density at radius 3 is 2.40 bits per heavy atom. The van der Waals surface area contributed by atoms with Crippen molar-refractivity contribution in [1.29, 1.82) is 0 Å². The van der Waals surface area contributed by atoms with E-state index in [1.54, 1.807) is 11.9 Å². The smallest absolute Gasteiger partial charge is 0.374 e. The van der Waals surface area contributed by atoms with Crippen LogP contribution in [0, 0.1) is 5.92 Å². The molecule has 1 rings (SSSR count). The molecule has 2 nitrogen and oxygen atoms in total. The molecule has 0 aromatic heterocycles. The SMILES string of the molecule is CC(C)C(N)CCN(C)c1cc(Br)ccc1C(F)(F)F. The zero-order valence-electron chi connectivity index (χ0n) is 11.8. The molecule has 0 heterocycles. The lowest BCUT2D eigenvalue weighted by atomic mass is 10.0. The number of hydrogen-bond acceptors (Lipinski definition) is 2. The van der Waals surface area contributed by atoms with Gasteiger partial charge in [0.05, 0.1) is 5.56 Å². The van der Waals surface area contributed by atoms with Crippen LogP contribution in [-0.4, -0.2) is 19.6 Å². The first kappa shape index (κ1) is 17.3. The normalized spacial score (nSPS) is 13.7. The van der Waals surface area contributed by atoms with Crippen LogP contribution in [0.1, 0.15) is 25.8 Å². The van der Waals surface area contributed by atoms with Crippen molar-refractivity contribution in [3.8, 4) is 0 Å². The van der Waals surface area contributed by atoms with Crippen molar-refractivity contribution in [3.63, 3.8) is 0 Å². The lowest BCUT2D eigenvalue weighted by Crippen LogP contribution is -2.32. The highest BCUT2D eigenvalue weighted by Crippen LogP contribution is 2.37. The molecule has 2 N–H and O–H groups in total. The molecule has 0 aliphatic rings. The van der Waals surface area contributed by atoms with Gasteiger partial charge in [0, 0.05) is 29.8 Å². The molecule has 1 aromatic carbocycles. The molecule has 0 saturated heterocycles. The van der Waals surface area contributed by atoms with Crippen molar-refractivity contribution in [2.45, 2.75) is 32.5 Å². The van der Waals surface area contributed by atoms with Gasteiger partial charge < -0.3 is 10.6 Å². The van der Waals surface area contributed by atoms with Crippen molar-refractivity contribution < 1.29 is 13.2 Å². The summed E-state index contributed by atoms with van der Waals surface area (Å²) in [7, 11) is 1.66. The molecule has 20 heavy (non-hydrogen) atoms. The Morgan fingerprint density at radius 2 is 1.90 bits per heavy atom. The van der Waals surface area contributed by atoms with Crippen LogP contribution in [0.2, 0.25) is 0 Å². The third-order valence-corrected chi connectivity index (χ3v) is 3.82. The first-order valence-corrected chi connectivity index (χ1v) is 7.25. The molecule has 0 fully saturated rings. The van der Waals surface area contributed by atoms with E-state index in [1.807, 2.05) is 13.8 Å². The van der Waals surface area contributed by atoms with Gasteiger partial charge in [-0.1, -0.05) is 29.8 Å². The molecule has 0 aliphatic heterocycles. The maximum Gasteiger partial charge on any atom is 0.418 e. The Hall–Kier alpha value is -0.750. The van der Waals surface area contributed by atoms with E-state index in [0.717, 1.165) is 6.07 Å². The maximum absolute atomic E-state index is 13.0. The maximum atomic E-state index is 13.0. The molecular formula is C14H20BrF3N2. The summed E-state index contributed by atoms with van der Waals surface area (Å²) in [6.45, 7) is 4.49. The molecule has 0 radical (unpaired) electrons. The van der Waals surface area contributed by atoms with Crippen LogP contribution < -0.4 is 10.6 Å². The van der Waals surface area contributed by atoms with Gasteiger partial charge in [-0.05, 0) is 30.5 Å². The number of benzene rings is 1. The predicted octanol–water partition coefficient (Wildman–Crippen LogP) is 4.28. The van der Waals surface area contributed by atoms with Gasteiger partial charge in [0.25, 0.3) is 0 Å². The van der Waals surface area contributed by atoms with Crippen LogP contribution in [0.25, 0.3) is 0 Å². The monoisotopic (exact) mass is 352 g/mol. The molecule has 6 heteroatoms. The summed E-state index contributed by atoms with van der Waals surface area (Å²) in [5.74, 6) is 0.313. The van der Waals surface area contributed by atoms with E-state index in [9.17, 15) is 13.2 Å². The van der Waals surface area contributed by atoms with Gasteiger partial charge in [-0.2, -0.15) is 13.2 Å². The summed E-state index contributed by atoms with van der Waals surface area (Å²) in [5, 5.41) is 0. The minimum absolute atomic E-state index is 0.0149. The Kier molecular flexibility index (Phi) is 5.89. The molecular weight excluding hydrogens is 333 g/mol. The van der Waals surface area contributed by atoms with Crippen molar-refractivity contribution in [2.75, 3.05) is 18.5 Å². The Balaban J connectivity index is 2.91. The third kappa shape index (κ3) is 4.66. The number of anilines is 1. The molecule has 1 unspecified atom stereocenters. The van der Waals surface area contributed by atoms with Gasteiger partial charge in [-0.15, -0.1) is 0 Å². The average molecular weight is 353 g/mol. The van der Waals surface area contributed by atoms with Crippen LogP contribution in [-0.2, 0) is 6.18 Å². The van der Waals surface area contributed by atoms with E-state index in [0.29, 0.717) is 23.4 Å². The average Bonchev–Trinajstić information content (AvgIpc) is 2.33. The zero-order valence-corrected chi connectivity index (χ0v) is 13.4. The Bertz CT molecular complexity index is 447. The van der Waals surface area contributed by atoms with E-state index in [1.165, 1.54) is 12.1 Å². The number of alkyl halides is 3. The van der Waals surface area contributed by atoms with Gasteiger partial charge in [0.2, 0.25) is 0 Å². The zero-order chi connectivity index (χ0) is 15.5. The van der Waals surface area contributed by atoms with E-state index in [2.05, 4.69) is 15.9 Å². The van der Waals surface area contributed by atoms with Gasteiger partial charge in [0.1, 0.15) is 0 Å². The number of nitrogens with two attached hydrogens (primary N) is 1. The summed E-state index contributed by atoms with van der Waals surface area (Å²) < 4.78 is 39.6. The van der Waals surface area contributed by atoms with E-state index in [4.69, 9.17) is 5.73 Å². The largest absolute Gasteiger partial charge is 0.418 e. The van der Waals surface area contributed by atoms with Crippen molar-refractivity contribution >= 4 is 21.6 Å². The topological polar surface area (TPSA) is 29.3 Å². The third-order valence-electron chi connectivity index (χ3n) is 3.33. The van der Waals surface area contributed by atoms with Gasteiger partial charge in [-0.25, -0.2) is 0 Å². The quantitative estimate of drug-likeness (QED) is 0.856. The first-order valence-electron chi connectivity index (χ1n) is 6.46. The molecule has 1 atom stereocenters. The number of hydrogen-bond donors (Lipinski definition) is 1. The van der Waals surface area contributed by atoms with E-state index in [-0.39, 0.29) is 11.7 Å². The molecule has 114 valence electrons. The number of nitrogens with zero attached hydrogens (tertiary/aromatic N) is 1. The van der Waals surface area contributed by atoms with Crippen LogP contribution >= 0.6 is 15.9 Å². The molecule has 0 aliphatic carbocycles. The predicted molar refractivity (Wildman–Crippen MR) is 79.8 cm³/mol. The van der Waals surface area contributed by atoms with Crippen LogP contribution in [0.4, 0.5) is 18.9 Å². The van der Waals surface area contributed by atoms with Crippen molar-refractivity contribution in [3.05, 3.63) is 28.2 Å². The molecule has 1 aromatic rings. The fraction of sp³-hybridized carbons (Fsp3) is 0.571. The second kappa shape index (κ2) is 6.80. The van der Waals surface area contributed by atoms with Gasteiger partial charge in [0.15, 0.2) is 0 Å². The van der Waals surface area contributed by atoms with Gasteiger partial charge >= 0.3 is 6.18 Å². The van der Waals surface area contributed by atoms with Crippen LogP contribution in [0.15, 0.2) is 22.7 Å². The Labute approximate surface area is 126 Å². The second-order valence-corrected chi connectivity index (χ2v) is 6.19. The minimum Gasteiger partial charge on any atom is -0.374 e. The number of halogens is 4. The van der Waals surface area contributed by atoms with Crippen molar-refractivity contribution in [1.82, 2.24) is 0 Å². The summed E-state index contributed by atoms with van der Waals surface area (Å²) in [6.07, 6.45) is -3.71. The molecule has 0 bridgehead atoms. The fourth-order valence-electron chi connectivity index (χ4n) is 1.86. The summed E-state index contributed by atoms with van der Waals surface area (Å²) in [4.78, 5) is 1.61. The first-order chi connectivity index (χ1) is 9.12. The van der Waals surface area contributed by atoms with E-state index >= 15 is 0 Å². The molecule has 0 amide bonds. The van der Waals surface area contributed by atoms with Crippen molar-refractivity contribution in [2.24, 2.45) is 11.7 Å². The van der Waals surface area contributed by atoms with E-state index < -0.39 is 11.7 Å². The fourth-order valence-corrected chi connectivity index (χ4v) is 2.21. The lowest BCUT2D eigenvalue weighted by Gasteiger charge is -2.26. The highest BCUT2D eigenvalue weighted by atomic mass is 79.9. The minimum atomic E-state index is -4.36.